The Morgan fingerprint density at radius 3 is 2.75 bits per heavy atom. The maximum atomic E-state index is 12.7. The van der Waals surface area contributed by atoms with E-state index in [2.05, 4.69) is 5.32 Å². The van der Waals surface area contributed by atoms with Crippen LogP contribution in [0.5, 0.6) is 5.75 Å². The summed E-state index contributed by atoms with van der Waals surface area (Å²) in [6.07, 6.45) is -4.09. The van der Waals surface area contributed by atoms with E-state index in [0.29, 0.717) is 23.5 Å². The predicted molar refractivity (Wildman–Crippen MR) is 54.9 cm³/mol. The largest absolute Gasteiger partial charge is 0.497 e. The summed E-state index contributed by atoms with van der Waals surface area (Å²) >= 11 is 0. The lowest BCUT2D eigenvalue weighted by Crippen LogP contribution is -2.28. The molecule has 1 aromatic rings. The van der Waals surface area contributed by atoms with Crippen molar-refractivity contribution in [2.75, 3.05) is 19.0 Å². The van der Waals surface area contributed by atoms with Gasteiger partial charge in [0.25, 0.3) is 0 Å². The van der Waals surface area contributed by atoms with Crippen LogP contribution in [-0.4, -0.2) is 19.8 Å². The molecule has 1 aromatic carbocycles. The molecule has 1 N–H and O–H groups in total. The van der Waals surface area contributed by atoms with Gasteiger partial charge in [0.05, 0.1) is 13.0 Å². The molecule has 0 amide bonds. The fourth-order valence-electron chi connectivity index (χ4n) is 1.97. The fraction of sp³-hybridized carbons (Fsp3) is 0.455. The number of hydrogen-bond donors (Lipinski definition) is 1. The van der Waals surface area contributed by atoms with Crippen LogP contribution in [0, 0.1) is 0 Å². The highest BCUT2D eigenvalue weighted by Crippen LogP contribution is 2.43. The molecule has 0 aliphatic carbocycles. The quantitative estimate of drug-likeness (QED) is 0.801. The number of hydrogen-bond acceptors (Lipinski definition) is 2. The number of fused-ring (bicyclic) bond motifs is 1. The average molecular weight is 231 g/mol. The highest BCUT2D eigenvalue weighted by molar-refractivity contribution is 5.58. The number of halogens is 3. The van der Waals surface area contributed by atoms with Crippen LogP contribution in [0.4, 0.5) is 18.9 Å². The first-order chi connectivity index (χ1) is 7.52. The van der Waals surface area contributed by atoms with E-state index >= 15 is 0 Å². The first kappa shape index (κ1) is 11.1. The molecule has 1 unspecified atom stereocenters. The summed E-state index contributed by atoms with van der Waals surface area (Å²) < 4.78 is 43.2. The monoisotopic (exact) mass is 231 g/mol. The zero-order valence-electron chi connectivity index (χ0n) is 8.77. The van der Waals surface area contributed by atoms with Gasteiger partial charge in [0.1, 0.15) is 5.75 Å². The molecule has 1 aliphatic heterocycles. The van der Waals surface area contributed by atoms with E-state index in [4.69, 9.17) is 4.74 Å². The van der Waals surface area contributed by atoms with E-state index < -0.39 is 12.1 Å². The first-order valence-electron chi connectivity index (χ1n) is 5.01. The molecule has 0 radical (unpaired) electrons. The van der Waals surface area contributed by atoms with Crippen molar-refractivity contribution in [3.8, 4) is 5.75 Å². The van der Waals surface area contributed by atoms with E-state index in [0.717, 1.165) is 0 Å². The van der Waals surface area contributed by atoms with E-state index in [1.165, 1.54) is 13.2 Å². The van der Waals surface area contributed by atoms with Crippen LogP contribution in [0.2, 0.25) is 0 Å². The molecular formula is C11H12F3NO. The van der Waals surface area contributed by atoms with Gasteiger partial charge in [-0.3, -0.25) is 0 Å². The van der Waals surface area contributed by atoms with E-state index in [9.17, 15) is 13.2 Å². The third-order valence-electron chi connectivity index (χ3n) is 2.78. The summed E-state index contributed by atoms with van der Waals surface area (Å²) in [7, 11) is 1.49. The molecule has 0 bridgehead atoms. The van der Waals surface area contributed by atoms with Crippen LogP contribution in [0.25, 0.3) is 0 Å². The van der Waals surface area contributed by atoms with Crippen molar-refractivity contribution in [1.29, 1.82) is 0 Å². The molecule has 0 fully saturated rings. The predicted octanol–water partition coefficient (Wildman–Crippen LogP) is 3.16. The lowest BCUT2D eigenvalue weighted by molar-refractivity contribution is -0.151. The number of nitrogens with one attached hydrogen (secondary N) is 1. The lowest BCUT2D eigenvalue weighted by atomic mass is 9.90. The molecule has 2 nitrogen and oxygen atoms in total. The maximum absolute atomic E-state index is 12.7. The minimum absolute atomic E-state index is 0.0861. The second-order valence-electron chi connectivity index (χ2n) is 3.76. The number of rotatable bonds is 1. The summed E-state index contributed by atoms with van der Waals surface area (Å²) in [5, 5.41) is 2.96. The van der Waals surface area contributed by atoms with Gasteiger partial charge in [0.2, 0.25) is 0 Å². The third-order valence-corrected chi connectivity index (χ3v) is 2.78. The van der Waals surface area contributed by atoms with Gasteiger partial charge in [-0.2, -0.15) is 13.2 Å². The SMILES string of the molecule is COc1ccc2c(c1)NCCC2C(F)(F)F. The van der Waals surface area contributed by atoms with Crippen LogP contribution < -0.4 is 10.1 Å². The Kier molecular flexibility index (Phi) is 2.69. The van der Waals surface area contributed by atoms with E-state index in [1.807, 2.05) is 0 Å². The zero-order chi connectivity index (χ0) is 11.8. The number of ether oxygens (including phenoxy) is 1. The first-order valence-corrected chi connectivity index (χ1v) is 5.01. The van der Waals surface area contributed by atoms with Crippen molar-refractivity contribution in [1.82, 2.24) is 0 Å². The van der Waals surface area contributed by atoms with Crippen molar-refractivity contribution < 1.29 is 17.9 Å². The van der Waals surface area contributed by atoms with Crippen molar-refractivity contribution >= 4 is 5.69 Å². The highest BCUT2D eigenvalue weighted by Gasteiger charge is 2.42. The standard InChI is InChI=1S/C11H12F3NO/c1-16-7-2-3-8-9(11(12,13)14)4-5-15-10(8)6-7/h2-3,6,9,15H,4-5H2,1H3. The average Bonchev–Trinajstić information content (AvgIpc) is 2.26. The minimum Gasteiger partial charge on any atom is -0.497 e. The highest BCUT2D eigenvalue weighted by atomic mass is 19.4. The van der Waals surface area contributed by atoms with Crippen LogP contribution in [-0.2, 0) is 0 Å². The molecule has 0 spiro atoms. The minimum atomic E-state index is -4.18. The summed E-state index contributed by atoms with van der Waals surface area (Å²) in [6, 6.07) is 4.65. The topological polar surface area (TPSA) is 21.3 Å². The summed E-state index contributed by atoms with van der Waals surface area (Å²) in [5.74, 6) is -0.802. The van der Waals surface area contributed by atoms with Crippen molar-refractivity contribution in [3.05, 3.63) is 23.8 Å². The van der Waals surface area contributed by atoms with Gasteiger partial charge in [-0.1, -0.05) is 6.07 Å². The molecule has 1 atom stereocenters. The number of methoxy groups -OCH3 is 1. The zero-order valence-corrected chi connectivity index (χ0v) is 8.77. The van der Waals surface area contributed by atoms with Crippen molar-refractivity contribution in [2.24, 2.45) is 0 Å². The molecule has 16 heavy (non-hydrogen) atoms. The maximum Gasteiger partial charge on any atom is 0.395 e. The Bertz CT molecular complexity index is 389. The molecule has 0 aromatic heterocycles. The van der Waals surface area contributed by atoms with Gasteiger partial charge in [-0.25, -0.2) is 0 Å². The Morgan fingerprint density at radius 1 is 1.38 bits per heavy atom. The summed E-state index contributed by atoms with van der Waals surface area (Å²) in [6.45, 7) is 0.338. The van der Waals surface area contributed by atoms with Crippen LogP contribution in [0.15, 0.2) is 18.2 Å². The Labute approximate surface area is 91.4 Å². The molecule has 2 rings (SSSR count). The van der Waals surface area contributed by atoms with Crippen LogP contribution >= 0.6 is 0 Å². The molecule has 5 heteroatoms. The molecule has 1 aliphatic rings. The molecule has 0 saturated heterocycles. The van der Waals surface area contributed by atoms with Gasteiger partial charge in [-0.05, 0) is 18.1 Å². The summed E-state index contributed by atoms with van der Waals surface area (Å²) in [5.41, 5.74) is 0.826. The van der Waals surface area contributed by atoms with Gasteiger partial charge >= 0.3 is 6.18 Å². The molecular weight excluding hydrogens is 219 g/mol. The summed E-state index contributed by atoms with van der Waals surface area (Å²) in [4.78, 5) is 0. The normalized spacial score (nSPS) is 19.9. The Balaban J connectivity index is 2.40. The van der Waals surface area contributed by atoms with Gasteiger partial charge in [0.15, 0.2) is 0 Å². The van der Waals surface area contributed by atoms with Crippen molar-refractivity contribution in [2.45, 2.75) is 18.5 Å². The second kappa shape index (κ2) is 3.88. The second-order valence-corrected chi connectivity index (χ2v) is 3.76. The Morgan fingerprint density at radius 2 is 2.12 bits per heavy atom. The number of anilines is 1. The third kappa shape index (κ3) is 1.94. The fourth-order valence-corrected chi connectivity index (χ4v) is 1.97. The van der Waals surface area contributed by atoms with E-state index in [1.54, 1.807) is 12.1 Å². The van der Waals surface area contributed by atoms with Gasteiger partial charge in [0, 0.05) is 18.3 Å². The molecule has 1 heterocycles. The van der Waals surface area contributed by atoms with Gasteiger partial charge in [-0.15, -0.1) is 0 Å². The smallest absolute Gasteiger partial charge is 0.395 e. The number of benzene rings is 1. The lowest BCUT2D eigenvalue weighted by Gasteiger charge is -2.28. The molecule has 88 valence electrons. The van der Waals surface area contributed by atoms with Crippen molar-refractivity contribution in [3.63, 3.8) is 0 Å². The molecule has 0 saturated carbocycles. The van der Waals surface area contributed by atoms with E-state index in [-0.39, 0.29) is 6.42 Å². The number of alkyl halides is 3. The van der Waals surface area contributed by atoms with Gasteiger partial charge < -0.3 is 10.1 Å². The Hall–Kier alpha value is -1.39. The van der Waals surface area contributed by atoms with Crippen LogP contribution in [0.1, 0.15) is 17.9 Å². The van der Waals surface area contributed by atoms with Crippen LogP contribution in [0.3, 0.4) is 0 Å².